The smallest absolute Gasteiger partial charge is 0.335 e. The maximum atomic E-state index is 12.1. The Balaban J connectivity index is 2.49. The van der Waals surface area contributed by atoms with Gasteiger partial charge in [0.1, 0.15) is 0 Å². The van der Waals surface area contributed by atoms with Gasteiger partial charge in [0.2, 0.25) is 0 Å². The van der Waals surface area contributed by atoms with Crippen molar-refractivity contribution in [2.24, 2.45) is 0 Å². The number of carbonyl (C=O) groups excluding carboxylic acids is 1. The fraction of sp³-hybridized carbons (Fsp3) is 0.385. The summed E-state index contributed by atoms with van der Waals surface area (Å²) >= 11 is 0. The number of rotatable bonds is 6. The molecule has 0 aliphatic heterocycles. The van der Waals surface area contributed by atoms with E-state index in [-0.39, 0.29) is 12.1 Å². The number of hydrogen-bond acceptors (Lipinski definition) is 2. The number of nitrogens with zero attached hydrogens (tertiary/aromatic N) is 1. The topological polar surface area (TPSA) is 69.6 Å². The molecule has 0 saturated carbocycles. The molecular formula is C13H16F2N2O3. The van der Waals surface area contributed by atoms with Crippen LogP contribution in [0.3, 0.4) is 0 Å². The van der Waals surface area contributed by atoms with Crippen molar-refractivity contribution < 1.29 is 23.5 Å². The number of hydrogen-bond donors (Lipinski definition) is 2. The zero-order chi connectivity index (χ0) is 15.1. The van der Waals surface area contributed by atoms with Crippen molar-refractivity contribution >= 4 is 12.0 Å². The molecule has 2 amide bonds. The molecule has 5 nitrogen and oxygen atoms in total. The van der Waals surface area contributed by atoms with E-state index in [2.05, 4.69) is 5.32 Å². The Labute approximate surface area is 115 Å². The Bertz CT molecular complexity index is 480. The van der Waals surface area contributed by atoms with Gasteiger partial charge < -0.3 is 15.3 Å². The highest BCUT2D eigenvalue weighted by Gasteiger charge is 2.14. The molecule has 0 aromatic heterocycles. The summed E-state index contributed by atoms with van der Waals surface area (Å²) in [5.41, 5.74) is 0.750. The molecule has 0 aliphatic carbocycles. The number of carbonyl (C=O) groups is 2. The standard InChI is InChI=1S/C13H16F2N2O3/c1-17(8-11(14)15)13(20)16-7-6-9-4-2-3-5-10(9)12(18)19/h2-5,11H,6-8H2,1H3,(H,16,20)(H,18,19). The summed E-state index contributed by atoms with van der Waals surface area (Å²) in [7, 11) is 1.27. The average Bonchev–Trinajstić information content (AvgIpc) is 2.38. The van der Waals surface area contributed by atoms with Gasteiger partial charge in [0.25, 0.3) is 6.43 Å². The van der Waals surface area contributed by atoms with E-state index in [1.807, 2.05) is 0 Å². The predicted molar refractivity (Wildman–Crippen MR) is 69.1 cm³/mol. The van der Waals surface area contributed by atoms with E-state index < -0.39 is 25.0 Å². The fourth-order valence-corrected chi connectivity index (χ4v) is 1.68. The molecule has 20 heavy (non-hydrogen) atoms. The molecule has 1 aromatic carbocycles. The van der Waals surface area contributed by atoms with Crippen molar-refractivity contribution in [2.45, 2.75) is 12.8 Å². The van der Waals surface area contributed by atoms with Crippen LogP contribution in [0.5, 0.6) is 0 Å². The van der Waals surface area contributed by atoms with Crippen LogP contribution < -0.4 is 5.32 Å². The molecule has 110 valence electrons. The monoisotopic (exact) mass is 286 g/mol. The van der Waals surface area contributed by atoms with E-state index in [9.17, 15) is 18.4 Å². The lowest BCUT2D eigenvalue weighted by Crippen LogP contribution is -2.40. The first-order valence-electron chi connectivity index (χ1n) is 6.00. The molecule has 0 fully saturated rings. The number of carboxylic acid groups (broad SMARTS) is 1. The summed E-state index contributed by atoms with van der Waals surface area (Å²) in [5.74, 6) is -1.04. The van der Waals surface area contributed by atoms with Crippen LogP contribution in [-0.2, 0) is 6.42 Å². The number of urea groups is 1. The fourth-order valence-electron chi connectivity index (χ4n) is 1.68. The van der Waals surface area contributed by atoms with E-state index in [1.54, 1.807) is 18.2 Å². The lowest BCUT2D eigenvalue weighted by molar-refractivity contribution is 0.0695. The number of amides is 2. The Hall–Kier alpha value is -2.18. The first kappa shape index (κ1) is 15.9. The van der Waals surface area contributed by atoms with Crippen LogP contribution >= 0.6 is 0 Å². The molecule has 0 bridgehead atoms. The van der Waals surface area contributed by atoms with Crippen LogP contribution in [0.15, 0.2) is 24.3 Å². The van der Waals surface area contributed by atoms with Crippen molar-refractivity contribution in [1.82, 2.24) is 10.2 Å². The molecule has 0 radical (unpaired) electrons. The first-order chi connectivity index (χ1) is 9.41. The van der Waals surface area contributed by atoms with Crippen LogP contribution in [0, 0.1) is 0 Å². The summed E-state index contributed by atoms with van der Waals surface area (Å²) in [6.45, 7) is -0.464. The summed E-state index contributed by atoms with van der Waals surface area (Å²) in [4.78, 5) is 23.3. The molecule has 0 unspecified atom stereocenters. The molecule has 0 atom stereocenters. The van der Waals surface area contributed by atoms with Gasteiger partial charge in [-0.1, -0.05) is 18.2 Å². The highest BCUT2D eigenvalue weighted by molar-refractivity contribution is 5.89. The molecule has 7 heteroatoms. The SMILES string of the molecule is CN(CC(F)F)C(=O)NCCc1ccccc1C(=O)O. The normalized spacial score (nSPS) is 10.4. The number of alkyl halides is 2. The van der Waals surface area contributed by atoms with Crippen LogP contribution in [0.25, 0.3) is 0 Å². The van der Waals surface area contributed by atoms with Crippen LogP contribution in [0.2, 0.25) is 0 Å². The molecule has 2 N–H and O–H groups in total. The van der Waals surface area contributed by atoms with Gasteiger partial charge in [0, 0.05) is 13.6 Å². The van der Waals surface area contributed by atoms with Gasteiger partial charge in [-0.2, -0.15) is 0 Å². The maximum Gasteiger partial charge on any atom is 0.335 e. The van der Waals surface area contributed by atoms with Gasteiger partial charge >= 0.3 is 12.0 Å². The van der Waals surface area contributed by atoms with E-state index in [1.165, 1.54) is 13.1 Å². The largest absolute Gasteiger partial charge is 0.478 e. The summed E-state index contributed by atoms with van der Waals surface area (Å²) in [6, 6.07) is 5.83. The molecule has 1 aromatic rings. The predicted octanol–water partition coefficient (Wildman–Crippen LogP) is 1.83. The Morgan fingerprint density at radius 3 is 2.60 bits per heavy atom. The van der Waals surface area contributed by atoms with Gasteiger partial charge in [-0.25, -0.2) is 18.4 Å². The number of halogens is 2. The van der Waals surface area contributed by atoms with Gasteiger partial charge in [-0.05, 0) is 18.1 Å². The summed E-state index contributed by atoms with van der Waals surface area (Å²) < 4.78 is 24.2. The van der Waals surface area contributed by atoms with Crippen LogP contribution in [0.1, 0.15) is 15.9 Å². The number of carboxylic acids is 1. The van der Waals surface area contributed by atoms with Crippen LogP contribution in [-0.4, -0.2) is 48.6 Å². The quantitative estimate of drug-likeness (QED) is 0.838. The summed E-state index contributed by atoms with van der Waals surface area (Å²) in [6.07, 6.45) is -2.27. The van der Waals surface area contributed by atoms with Crippen molar-refractivity contribution in [3.63, 3.8) is 0 Å². The zero-order valence-corrected chi connectivity index (χ0v) is 11.0. The van der Waals surface area contributed by atoms with Crippen molar-refractivity contribution in [1.29, 1.82) is 0 Å². The first-order valence-corrected chi connectivity index (χ1v) is 6.00. The maximum absolute atomic E-state index is 12.1. The Kier molecular flexibility index (Phi) is 5.89. The third-order valence-corrected chi connectivity index (χ3v) is 2.68. The van der Waals surface area contributed by atoms with E-state index in [0.29, 0.717) is 12.0 Å². The second kappa shape index (κ2) is 7.42. The van der Waals surface area contributed by atoms with E-state index in [0.717, 1.165) is 4.90 Å². The Morgan fingerprint density at radius 1 is 1.35 bits per heavy atom. The zero-order valence-electron chi connectivity index (χ0n) is 11.0. The lowest BCUT2D eigenvalue weighted by Gasteiger charge is -2.17. The highest BCUT2D eigenvalue weighted by atomic mass is 19.3. The Morgan fingerprint density at radius 2 is 2.00 bits per heavy atom. The van der Waals surface area contributed by atoms with Gasteiger partial charge in [0.15, 0.2) is 0 Å². The molecule has 0 aliphatic rings. The van der Waals surface area contributed by atoms with Crippen molar-refractivity contribution in [2.75, 3.05) is 20.1 Å². The van der Waals surface area contributed by atoms with Crippen molar-refractivity contribution in [3.05, 3.63) is 35.4 Å². The number of nitrogens with one attached hydrogen (secondary N) is 1. The average molecular weight is 286 g/mol. The van der Waals surface area contributed by atoms with Gasteiger partial charge in [-0.3, -0.25) is 0 Å². The second-order valence-electron chi connectivity index (χ2n) is 4.22. The van der Waals surface area contributed by atoms with Gasteiger partial charge in [0.05, 0.1) is 12.1 Å². The minimum Gasteiger partial charge on any atom is -0.478 e. The molecule has 0 heterocycles. The van der Waals surface area contributed by atoms with E-state index in [4.69, 9.17) is 5.11 Å². The van der Waals surface area contributed by atoms with E-state index >= 15 is 0 Å². The molecule has 0 spiro atoms. The van der Waals surface area contributed by atoms with Crippen LogP contribution in [0.4, 0.5) is 13.6 Å². The number of benzene rings is 1. The highest BCUT2D eigenvalue weighted by Crippen LogP contribution is 2.09. The van der Waals surface area contributed by atoms with Crippen molar-refractivity contribution in [3.8, 4) is 0 Å². The summed E-state index contributed by atoms with van der Waals surface area (Å²) in [5, 5.41) is 11.4. The molecule has 0 saturated heterocycles. The van der Waals surface area contributed by atoms with Gasteiger partial charge in [-0.15, -0.1) is 0 Å². The minimum atomic E-state index is -2.58. The lowest BCUT2D eigenvalue weighted by atomic mass is 10.0. The third kappa shape index (κ3) is 4.83. The molecule has 1 rings (SSSR count). The third-order valence-electron chi connectivity index (χ3n) is 2.68. The second-order valence-corrected chi connectivity index (χ2v) is 4.22. The number of aromatic carboxylic acids is 1. The minimum absolute atomic E-state index is 0.169. The molecular weight excluding hydrogens is 270 g/mol.